The molecule has 1 heterocycles. The van der Waals surface area contributed by atoms with Crippen LogP contribution in [0.3, 0.4) is 0 Å². The van der Waals surface area contributed by atoms with E-state index in [0.717, 1.165) is 23.2 Å². The molecule has 4 nitrogen and oxygen atoms in total. The number of methoxy groups -OCH3 is 1. The zero-order chi connectivity index (χ0) is 11.7. The van der Waals surface area contributed by atoms with Crippen molar-refractivity contribution in [1.82, 2.24) is 0 Å². The molecule has 0 radical (unpaired) electrons. The maximum Gasteiger partial charge on any atom is 0.227 e. The van der Waals surface area contributed by atoms with Crippen LogP contribution in [0.1, 0.15) is 23.8 Å². The molecule has 0 aromatic heterocycles. The second-order valence-corrected chi connectivity index (χ2v) is 4.00. The molecular formula is C12H16N2O2. The first-order chi connectivity index (χ1) is 7.63. The zero-order valence-corrected chi connectivity index (χ0v) is 9.56. The van der Waals surface area contributed by atoms with Crippen LogP contribution in [0.2, 0.25) is 0 Å². The third kappa shape index (κ3) is 1.81. The minimum absolute atomic E-state index is 0.163. The van der Waals surface area contributed by atoms with Crippen molar-refractivity contribution in [2.24, 2.45) is 5.73 Å². The number of hydrogen-bond acceptors (Lipinski definition) is 3. The van der Waals surface area contributed by atoms with E-state index in [1.54, 1.807) is 19.1 Å². The van der Waals surface area contributed by atoms with Crippen LogP contribution < -0.4 is 10.6 Å². The topological polar surface area (TPSA) is 55.6 Å². The third-order valence-electron chi connectivity index (χ3n) is 3.03. The van der Waals surface area contributed by atoms with Gasteiger partial charge < -0.3 is 15.4 Å². The van der Waals surface area contributed by atoms with Crippen LogP contribution in [0.25, 0.3) is 0 Å². The van der Waals surface area contributed by atoms with Crippen LogP contribution in [0.4, 0.5) is 5.69 Å². The molecule has 0 aliphatic carbocycles. The third-order valence-corrected chi connectivity index (χ3v) is 3.03. The normalized spacial score (nSPS) is 17.2. The standard InChI is InChI=1S/C12H16N2O2/c1-14-10-5-3-9(12(13)16-2)7-8(10)4-6-11(14)15/h3,5,7,12H,4,6,13H2,1-2H3. The predicted molar refractivity (Wildman–Crippen MR) is 62.1 cm³/mol. The lowest BCUT2D eigenvalue weighted by Crippen LogP contribution is -2.31. The highest BCUT2D eigenvalue weighted by Gasteiger charge is 2.21. The van der Waals surface area contributed by atoms with Gasteiger partial charge in [0.05, 0.1) is 0 Å². The van der Waals surface area contributed by atoms with Gasteiger partial charge in [0.2, 0.25) is 5.91 Å². The quantitative estimate of drug-likeness (QED) is 0.762. The van der Waals surface area contributed by atoms with E-state index < -0.39 is 6.23 Å². The van der Waals surface area contributed by atoms with Crippen LogP contribution in [-0.4, -0.2) is 20.1 Å². The van der Waals surface area contributed by atoms with Gasteiger partial charge in [0.15, 0.2) is 0 Å². The van der Waals surface area contributed by atoms with Crippen LogP contribution in [0.5, 0.6) is 0 Å². The lowest BCUT2D eigenvalue weighted by molar-refractivity contribution is -0.118. The first-order valence-corrected chi connectivity index (χ1v) is 5.31. The number of aryl methyl sites for hydroxylation is 1. The zero-order valence-electron chi connectivity index (χ0n) is 9.56. The Morgan fingerprint density at radius 1 is 1.44 bits per heavy atom. The molecule has 1 aliphatic rings. The van der Waals surface area contributed by atoms with E-state index in [0.29, 0.717) is 6.42 Å². The maximum absolute atomic E-state index is 11.5. The molecule has 2 rings (SSSR count). The minimum atomic E-state index is -0.395. The molecule has 1 aromatic rings. The Kier molecular flexibility index (Phi) is 2.94. The van der Waals surface area contributed by atoms with Crippen molar-refractivity contribution < 1.29 is 9.53 Å². The number of nitrogens with two attached hydrogens (primary N) is 1. The summed E-state index contributed by atoms with van der Waals surface area (Å²) < 4.78 is 5.07. The molecule has 1 amide bonds. The highest BCUT2D eigenvalue weighted by atomic mass is 16.5. The van der Waals surface area contributed by atoms with Crippen LogP contribution in [-0.2, 0) is 16.0 Å². The fourth-order valence-corrected chi connectivity index (χ4v) is 1.99. The van der Waals surface area contributed by atoms with Crippen LogP contribution in [0, 0.1) is 0 Å². The van der Waals surface area contributed by atoms with Crippen LogP contribution >= 0.6 is 0 Å². The molecule has 0 saturated heterocycles. The maximum atomic E-state index is 11.5. The van der Waals surface area contributed by atoms with Gasteiger partial charge in [0.25, 0.3) is 0 Å². The number of amides is 1. The van der Waals surface area contributed by atoms with Gasteiger partial charge >= 0.3 is 0 Å². The second-order valence-electron chi connectivity index (χ2n) is 4.00. The second kappa shape index (κ2) is 4.23. The number of anilines is 1. The summed E-state index contributed by atoms with van der Waals surface area (Å²) in [5.41, 5.74) is 8.87. The first kappa shape index (κ1) is 11.1. The summed E-state index contributed by atoms with van der Waals surface area (Å²) in [5.74, 6) is 0.163. The van der Waals surface area contributed by atoms with Crippen molar-refractivity contribution in [3.8, 4) is 0 Å². The van der Waals surface area contributed by atoms with Crippen molar-refractivity contribution in [3.63, 3.8) is 0 Å². The van der Waals surface area contributed by atoms with E-state index in [-0.39, 0.29) is 5.91 Å². The number of fused-ring (bicyclic) bond motifs is 1. The van der Waals surface area contributed by atoms with Gasteiger partial charge in [-0.2, -0.15) is 0 Å². The fraction of sp³-hybridized carbons (Fsp3) is 0.417. The molecule has 1 unspecified atom stereocenters. The molecular weight excluding hydrogens is 204 g/mol. The van der Waals surface area contributed by atoms with Gasteiger partial charge in [-0.05, 0) is 29.7 Å². The molecule has 1 aliphatic heterocycles. The van der Waals surface area contributed by atoms with Gasteiger partial charge in [-0.1, -0.05) is 6.07 Å². The number of nitrogens with zero attached hydrogens (tertiary/aromatic N) is 1. The highest BCUT2D eigenvalue weighted by molar-refractivity contribution is 5.95. The molecule has 0 fully saturated rings. The molecule has 0 saturated carbocycles. The van der Waals surface area contributed by atoms with Gasteiger partial charge in [0.1, 0.15) is 6.23 Å². The molecule has 86 valence electrons. The summed E-state index contributed by atoms with van der Waals surface area (Å²) >= 11 is 0. The van der Waals surface area contributed by atoms with Crippen LogP contribution in [0.15, 0.2) is 18.2 Å². The number of rotatable bonds is 2. The first-order valence-electron chi connectivity index (χ1n) is 5.31. The Morgan fingerprint density at radius 3 is 2.88 bits per heavy atom. The van der Waals surface area contributed by atoms with Crippen molar-refractivity contribution in [2.45, 2.75) is 19.1 Å². The Balaban J connectivity index is 2.37. The number of hydrogen-bond donors (Lipinski definition) is 1. The summed E-state index contributed by atoms with van der Waals surface area (Å²) in [6.45, 7) is 0. The Bertz CT molecular complexity index is 417. The van der Waals surface area contributed by atoms with Crippen molar-refractivity contribution in [3.05, 3.63) is 29.3 Å². The summed E-state index contributed by atoms with van der Waals surface area (Å²) in [4.78, 5) is 13.2. The SMILES string of the molecule is COC(N)c1ccc2c(c1)CCC(=O)N2C. The van der Waals surface area contributed by atoms with E-state index in [1.807, 2.05) is 18.2 Å². The molecule has 4 heteroatoms. The van der Waals surface area contributed by atoms with E-state index in [2.05, 4.69) is 0 Å². The van der Waals surface area contributed by atoms with E-state index >= 15 is 0 Å². The average Bonchev–Trinajstić information content (AvgIpc) is 2.32. The van der Waals surface area contributed by atoms with E-state index in [4.69, 9.17) is 10.5 Å². The summed E-state index contributed by atoms with van der Waals surface area (Å²) in [7, 11) is 3.38. The molecule has 0 bridgehead atoms. The summed E-state index contributed by atoms with van der Waals surface area (Å²) in [6, 6.07) is 5.86. The number of carbonyl (C=O) groups is 1. The smallest absolute Gasteiger partial charge is 0.227 e. The predicted octanol–water partition coefficient (Wildman–Crippen LogP) is 1.20. The van der Waals surface area contributed by atoms with E-state index in [1.165, 1.54) is 0 Å². The van der Waals surface area contributed by atoms with Gasteiger partial charge in [-0.3, -0.25) is 4.79 Å². The monoisotopic (exact) mass is 220 g/mol. The molecule has 1 aromatic carbocycles. The molecule has 2 N–H and O–H groups in total. The van der Waals surface area contributed by atoms with Crippen molar-refractivity contribution >= 4 is 11.6 Å². The van der Waals surface area contributed by atoms with Gasteiger partial charge in [-0.15, -0.1) is 0 Å². The summed E-state index contributed by atoms with van der Waals surface area (Å²) in [6.07, 6.45) is 0.950. The van der Waals surface area contributed by atoms with Crippen molar-refractivity contribution in [1.29, 1.82) is 0 Å². The number of carbonyl (C=O) groups excluding carboxylic acids is 1. The number of ether oxygens (including phenoxy) is 1. The lowest BCUT2D eigenvalue weighted by Gasteiger charge is -2.26. The lowest BCUT2D eigenvalue weighted by atomic mass is 9.99. The average molecular weight is 220 g/mol. The highest BCUT2D eigenvalue weighted by Crippen LogP contribution is 2.28. The minimum Gasteiger partial charge on any atom is -0.363 e. The van der Waals surface area contributed by atoms with Gasteiger partial charge in [-0.25, -0.2) is 0 Å². The Labute approximate surface area is 95.0 Å². The Morgan fingerprint density at radius 2 is 2.19 bits per heavy atom. The largest absolute Gasteiger partial charge is 0.363 e. The summed E-state index contributed by atoms with van der Waals surface area (Å²) in [5, 5.41) is 0. The fourth-order valence-electron chi connectivity index (χ4n) is 1.99. The van der Waals surface area contributed by atoms with Crippen molar-refractivity contribution in [2.75, 3.05) is 19.1 Å². The van der Waals surface area contributed by atoms with Gasteiger partial charge in [0, 0.05) is 26.3 Å². The van der Waals surface area contributed by atoms with E-state index in [9.17, 15) is 4.79 Å². The Hall–Kier alpha value is -1.39. The molecule has 0 spiro atoms. The molecule has 16 heavy (non-hydrogen) atoms. The number of benzene rings is 1. The molecule has 1 atom stereocenters.